The maximum absolute atomic E-state index is 13.2. The third-order valence-electron chi connectivity index (χ3n) is 2.68. The van der Waals surface area contributed by atoms with Gasteiger partial charge in [0.15, 0.2) is 0 Å². The summed E-state index contributed by atoms with van der Waals surface area (Å²) in [6.07, 6.45) is 0. The Morgan fingerprint density at radius 2 is 1.84 bits per heavy atom. The normalized spacial score (nSPS) is 10.4. The van der Waals surface area contributed by atoms with Crippen LogP contribution in [0.15, 0.2) is 18.2 Å². The predicted octanol–water partition coefficient (Wildman–Crippen LogP) is 3.67. The van der Waals surface area contributed by atoms with Crippen LogP contribution in [0.5, 0.6) is 0 Å². The van der Waals surface area contributed by atoms with Crippen LogP contribution in [0.1, 0.15) is 11.4 Å². The quantitative estimate of drug-likeness (QED) is 0.901. The molecule has 0 unspecified atom stereocenters. The molecular weight excluding hydrogens is 267 g/mol. The Balaban J connectivity index is 2.43. The van der Waals surface area contributed by atoms with Gasteiger partial charge in [0.05, 0.1) is 10.7 Å². The number of nitrogens with one attached hydrogen (secondary N) is 2. The first-order valence-electron chi connectivity index (χ1n) is 5.76. The van der Waals surface area contributed by atoms with Gasteiger partial charge in [-0.05, 0) is 32.0 Å². The molecule has 1 aromatic carbocycles. The van der Waals surface area contributed by atoms with Gasteiger partial charge in [-0.15, -0.1) is 0 Å². The van der Waals surface area contributed by atoms with Crippen LogP contribution >= 0.6 is 11.6 Å². The van der Waals surface area contributed by atoms with Crippen molar-refractivity contribution in [1.82, 2.24) is 9.97 Å². The molecule has 0 aliphatic rings. The van der Waals surface area contributed by atoms with Gasteiger partial charge in [-0.25, -0.2) is 14.4 Å². The Kier molecular flexibility index (Phi) is 3.85. The first-order valence-corrected chi connectivity index (χ1v) is 6.14. The molecule has 4 nitrogen and oxygen atoms in total. The topological polar surface area (TPSA) is 49.8 Å². The molecule has 0 saturated heterocycles. The maximum atomic E-state index is 13.2. The van der Waals surface area contributed by atoms with E-state index in [4.69, 9.17) is 11.6 Å². The summed E-state index contributed by atoms with van der Waals surface area (Å²) in [5.74, 6) is 1.58. The summed E-state index contributed by atoms with van der Waals surface area (Å²) in [5.41, 5.74) is 1.32. The van der Waals surface area contributed by atoms with E-state index in [0.717, 1.165) is 11.4 Å². The van der Waals surface area contributed by atoms with Crippen molar-refractivity contribution in [2.75, 3.05) is 17.7 Å². The summed E-state index contributed by atoms with van der Waals surface area (Å²) in [6, 6.07) is 4.14. The minimum absolute atomic E-state index is 0.357. The number of benzene rings is 1. The highest BCUT2D eigenvalue weighted by Gasteiger charge is 2.10. The van der Waals surface area contributed by atoms with Crippen molar-refractivity contribution >= 4 is 28.9 Å². The Morgan fingerprint density at radius 1 is 1.16 bits per heavy atom. The van der Waals surface area contributed by atoms with Crippen LogP contribution in [-0.2, 0) is 0 Å². The second-order valence-electron chi connectivity index (χ2n) is 4.09. The fourth-order valence-corrected chi connectivity index (χ4v) is 1.88. The van der Waals surface area contributed by atoms with Crippen LogP contribution < -0.4 is 10.6 Å². The van der Waals surface area contributed by atoms with Gasteiger partial charge in [-0.1, -0.05) is 11.6 Å². The fraction of sp³-hybridized carbons (Fsp3) is 0.231. The Hall–Kier alpha value is -1.88. The number of nitrogens with zero attached hydrogens (tertiary/aromatic N) is 2. The van der Waals surface area contributed by atoms with Crippen LogP contribution in [0.3, 0.4) is 0 Å². The zero-order valence-electron chi connectivity index (χ0n) is 10.9. The second-order valence-corrected chi connectivity index (χ2v) is 4.50. The van der Waals surface area contributed by atoms with Crippen molar-refractivity contribution in [3.8, 4) is 0 Å². The zero-order chi connectivity index (χ0) is 14.0. The van der Waals surface area contributed by atoms with E-state index in [-0.39, 0.29) is 5.82 Å². The van der Waals surface area contributed by atoms with Gasteiger partial charge in [0.2, 0.25) is 0 Å². The molecule has 19 heavy (non-hydrogen) atoms. The molecule has 6 heteroatoms. The number of halogens is 2. The summed E-state index contributed by atoms with van der Waals surface area (Å²) in [6.45, 7) is 3.67. The molecule has 0 atom stereocenters. The number of aryl methyl sites for hydroxylation is 1. The summed E-state index contributed by atoms with van der Waals surface area (Å²) >= 11 is 6.02. The highest BCUT2D eigenvalue weighted by atomic mass is 35.5. The molecule has 2 rings (SSSR count). The molecule has 2 N–H and O–H groups in total. The molecule has 0 spiro atoms. The Bertz CT molecular complexity index is 616. The first kappa shape index (κ1) is 13.5. The smallest absolute Gasteiger partial charge is 0.139 e. The van der Waals surface area contributed by atoms with Crippen LogP contribution in [-0.4, -0.2) is 17.0 Å². The number of anilines is 3. The number of hydrogen-bond donors (Lipinski definition) is 2. The molecule has 1 aromatic heterocycles. The van der Waals surface area contributed by atoms with E-state index in [9.17, 15) is 4.39 Å². The van der Waals surface area contributed by atoms with E-state index in [2.05, 4.69) is 20.6 Å². The molecule has 0 aliphatic carbocycles. The molecule has 0 amide bonds. The van der Waals surface area contributed by atoms with E-state index in [1.807, 2.05) is 6.92 Å². The molecular formula is C13H14ClFN4. The molecule has 0 bridgehead atoms. The van der Waals surface area contributed by atoms with Gasteiger partial charge in [0, 0.05) is 12.6 Å². The highest BCUT2D eigenvalue weighted by molar-refractivity contribution is 6.33. The van der Waals surface area contributed by atoms with Crippen molar-refractivity contribution in [2.24, 2.45) is 0 Å². The van der Waals surface area contributed by atoms with E-state index in [0.29, 0.717) is 22.4 Å². The fourth-order valence-electron chi connectivity index (χ4n) is 1.71. The molecule has 0 radical (unpaired) electrons. The number of hydrogen-bond acceptors (Lipinski definition) is 4. The third-order valence-corrected chi connectivity index (χ3v) is 3.01. The Morgan fingerprint density at radius 3 is 2.53 bits per heavy atom. The lowest BCUT2D eigenvalue weighted by molar-refractivity contribution is 0.628. The lowest BCUT2D eigenvalue weighted by Gasteiger charge is -2.13. The van der Waals surface area contributed by atoms with Crippen LogP contribution in [0.4, 0.5) is 21.7 Å². The van der Waals surface area contributed by atoms with Crippen LogP contribution in [0, 0.1) is 19.7 Å². The summed E-state index contributed by atoms with van der Waals surface area (Å²) < 4.78 is 13.2. The minimum atomic E-state index is -0.357. The van der Waals surface area contributed by atoms with Crippen LogP contribution in [0.2, 0.25) is 5.02 Å². The average Bonchev–Trinajstić information content (AvgIpc) is 2.37. The first-order chi connectivity index (χ1) is 9.01. The van der Waals surface area contributed by atoms with Gasteiger partial charge >= 0.3 is 0 Å². The van der Waals surface area contributed by atoms with Gasteiger partial charge < -0.3 is 10.6 Å². The van der Waals surface area contributed by atoms with Crippen molar-refractivity contribution in [3.05, 3.63) is 40.4 Å². The van der Waals surface area contributed by atoms with Gasteiger partial charge in [-0.2, -0.15) is 0 Å². The highest BCUT2D eigenvalue weighted by Crippen LogP contribution is 2.28. The third kappa shape index (κ3) is 2.93. The van der Waals surface area contributed by atoms with Crippen molar-refractivity contribution in [1.29, 1.82) is 0 Å². The van der Waals surface area contributed by atoms with Crippen molar-refractivity contribution in [2.45, 2.75) is 13.8 Å². The predicted molar refractivity (Wildman–Crippen MR) is 75.7 cm³/mol. The van der Waals surface area contributed by atoms with Crippen LogP contribution in [0.25, 0.3) is 0 Å². The van der Waals surface area contributed by atoms with Crippen molar-refractivity contribution < 1.29 is 4.39 Å². The standard InChI is InChI=1S/C13H14ClFN4/c1-7-12(16-3)17-8(2)18-13(7)19-11-6-9(15)4-5-10(11)14/h4-6H,1-3H3,(H2,16,17,18,19). The molecule has 0 fully saturated rings. The van der Waals surface area contributed by atoms with E-state index < -0.39 is 0 Å². The maximum Gasteiger partial charge on any atom is 0.139 e. The van der Waals surface area contributed by atoms with Gasteiger partial charge in [0.1, 0.15) is 23.3 Å². The van der Waals surface area contributed by atoms with E-state index >= 15 is 0 Å². The van der Waals surface area contributed by atoms with E-state index in [1.165, 1.54) is 18.2 Å². The molecule has 100 valence electrons. The molecule has 0 aliphatic heterocycles. The van der Waals surface area contributed by atoms with E-state index in [1.54, 1.807) is 14.0 Å². The summed E-state index contributed by atoms with van der Waals surface area (Å²) in [7, 11) is 1.79. The van der Waals surface area contributed by atoms with Crippen molar-refractivity contribution in [3.63, 3.8) is 0 Å². The molecule has 0 saturated carbocycles. The molecule has 1 heterocycles. The summed E-state index contributed by atoms with van der Waals surface area (Å²) in [4.78, 5) is 8.57. The minimum Gasteiger partial charge on any atom is -0.373 e. The Labute approximate surface area is 116 Å². The lowest BCUT2D eigenvalue weighted by atomic mass is 10.2. The monoisotopic (exact) mass is 280 g/mol. The SMILES string of the molecule is CNc1nc(C)nc(Nc2cc(F)ccc2Cl)c1C. The zero-order valence-corrected chi connectivity index (χ0v) is 11.6. The number of rotatable bonds is 3. The largest absolute Gasteiger partial charge is 0.373 e. The molecule has 2 aromatic rings. The summed E-state index contributed by atoms with van der Waals surface area (Å²) in [5, 5.41) is 6.46. The van der Waals surface area contributed by atoms with Gasteiger partial charge in [0.25, 0.3) is 0 Å². The number of aromatic nitrogens is 2. The van der Waals surface area contributed by atoms with Gasteiger partial charge in [-0.3, -0.25) is 0 Å². The average molecular weight is 281 g/mol. The second kappa shape index (κ2) is 5.40. The lowest BCUT2D eigenvalue weighted by Crippen LogP contribution is -2.05.